The highest BCUT2D eigenvalue weighted by atomic mass is 14.2. The Morgan fingerprint density at radius 3 is 2.00 bits per heavy atom. The van der Waals surface area contributed by atoms with Gasteiger partial charge in [-0.25, -0.2) is 0 Å². The monoisotopic (exact) mass is 234 g/mol. The average Bonchev–Trinajstić information content (AvgIpc) is 2.44. The summed E-state index contributed by atoms with van der Waals surface area (Å²) in [4.78, 5) is 0. The van der Waals surface area contributed by atoms with Gasteiger partial charge < -0.3 is 0 Å². The first-order valence-electron chi connectivity index (χ1n) is 7.41. The van der Waals surface area contributed by atoms with E-state index in [9.17, 15) is 0 Å². The lowest BCUT2D eigenvalue weighted by molar-refractivity contribution is 0.344. The zero-order chi connectivity index (χ0) is 13.1. The molecule has 17 heavy (non-hydrogen) atoms. The minimum absolute atomic E-state index is 0.838. The molecular weight excluding hydrogens is 204 g/mol. The van der Waals surface area contributed by atoms with Gasteiger partial charge in [0.25, 0.3) is 0 Å². The van der Waals surface area contributed by atoms with Crippen LogP contribution in [0.4, 0.5) is 0 Å². The smallest absolute Gasteiger partial charge is 0.0159 e. The van der Waals surface area contributed by atoms with Gasteiger partial charge >= 0.3 is 0 Å². The highest BCUT2D eigenvalue weighted by molar-refractivity contribution is 5.19. The van der Waals surface area contributed by atoms with Crippen LogP contribution in [0.5, 0.6) is 0 Å². The van der Waals surface area contributed by atoms with E-state index in [2.05, 4.69) is 37.3 Å². The van der Waals surface area contributed by atoms with Crippen molar-refractivity contribution in [1.29, 1.82) is 0 Å². The fraction of sp³-hybridized carbons (Fsp3) is 0.647. The Morgan fingerprint density at radius 2 is 1.47 bits per heavy atom. The van der Waals surface area contributed by atoms with E-state index in [4.69, 9.17) is 0 Å². The molecule has 0 radical (unpaired) electrons. The van der Waals surface area contributed by atoms with E-state index in [0.717, 1.165) is 11.8 Å². The van der Waals surface area contributed by atoms with Crippen LogP contribution in [0.15, 0.2) is 30.3 Å². The SMILES string of the molecule is CC.CC.CC1CCCC(c2ccccc2)C1. The Balaban J connectivity index is 0.000000581. The van der Waals surface area contributed by atoms with Crippen LogP contribution in [-0.2, 0) is 0 Å². The van der Waals surface area contributed by atoms with Crippen LogP contribution in [0.1, 0.15) is 71.8 Å². The lowest BCUT2D eigenvalue weighted by Crippen LogP contribution is -2.11. The quantitative estimate of drug-likeness (QED) is 0.556. The van der Waals surface area contributed by atoms with Gasteiger partial charge in [-0.05, 0) is 30.2 Å². The number of benzene rings is 1. The van der Waals surface area contributed by atoms with Crippen LogP contribution in [-0.4, -0.2) is 0 Å². The van der Waals surface area contributed by atoms with E-state index < -0.39 is 0 Å². The Hall–Kier alpha value is -0.780. The van der Waals surface area contributed by atoms with Crippen LogP contribution < -0.4 is 0 Å². The van der Waals surface area contributed by atoms with Crippen LogP contribution in [0, 0.1) is 5.92 Å². The molecule has 0 heterocycles. The van der Waals surface area contributed by atoms with E-state index in [1.807, 2.05) is 27.7 Å². The molecule has 0 heteroatoms. The molecule has 0 aromatic heterocycles. The number of hydrogen-bond donors (Lipinski definition) is 0. The highest BCUT2D eigenvalue weighted by Crippen LogP contribution is 2.35. The molecule has 1 aliphatic rings. The zero-order valence-electron chi connectivity index (χ0n) is 12.4. The van der Waals surface area contributed by atoms with Crippen LogP contribution in [0.3, 0.4) is 0 Å². The van der Waals surface area contributed by atoms with Gasteiger partial charge in [0.15, 0.2) is 0 Å². The molecule has 1 aromatic carbocycles. The molecule has 0 nitrogen and oxygen atoms in total. The summed E-state index contributed by atoms with van der Waals surface area (Å²) in [6.07, 6.45) is 5.64. The van der Waals surface area contributed by atoms with E-state index >= 15 is 0 Å². The van der Waals surface area contributed by atoms with Crippen molar-refractivity contribution < 1.29 is 0 Å². The Morgan fingerprint density at radius 1 is 0.882 bits per heavy atom. The summed E-state index contributed by atoms with van der Waals surface area (Å²) >= 11 is 0. The maximum Gasteiger partial charge on any atom is -0.0159 e. The number of hydrogen-bond acceptors (Lipinski definition) is 0. The zero-order valence-corrected chi connectivity index (χ0v) is 12.4. The lowest BCUT2D eigenvalue weighted by atomic mass is 9.79. The van der Waals surface area contributed by atoms with Crippen LogP contribution in [0.2, 0.25) is 0 Å². The third-order valence-corrected chi connectivity index (χ3v) is 3.21. The summed E-state index contributed by atoms with van der Waals surface area (Å²) < 4.78 is 0. The van der Waals surface area contributed by atoms with Crippen molar-refractivity contribution in [3.63, 3.8) is 0 Å². The summed E-state index contributed by atoms with van der Waals surface area (Å²) in [5, 5.41) is 0. The molecular formula is C17H30. The van der Waals surface area contributed by atoms with Crippen molar-refractivity contribution in [3.05, 3.63) is 35.9 Å². The van der Waals surface area contributed by atoms with Gasteiger partial charge in [-0.3, -0.25) is 0 Å². The van der Waals surface area contributed by atoms with E-state index in [-0.39, 0.29) is 0 Å². The van der Waals surface area contributed by atoms with Crippen molar-refractivity contribution in [2.24, 2.45) is 5.92 Å². The Labute approximate surface area is 108 Å². The molecule has 2 unspecified atom stereocenters. The summed E-state index contributed by atoms with van der Waals surface area (Å²) in [5.41, 5.74) is 1.55. The minimum Gasteiger partial charge on any atom is -0.0683 e. The van der Waals surface area contributed by atoms with E-state index in [1.165, 1.54) is 25.7 Å². The maximum absolute atomic E-state index is 2.38. The Kier molecular flexibility index (Phi) is 9.90. The molecule has 1 aromatic rings. The molecule has 2 atom stereocenters. The second kappa shape index (κ2) is 10.4. The molecule has 1 fully saturated rings. The van der Waals surface area contributed by atoms with Crippen LogP contribution in [0.25, 0.3) is 0 Å². The van der Waals surface area contributed by atoms with E-state index in [1.54, 1.807) is 5.56 Å². The Bertz CT molecular complexity index is 250. The molecule has 98 valence electrons. The van der Waals surface area contributed by atoms with Gasteiger partial charge in [0, 0.05) is 0 Å². The normalized spacial score (nSPS) is 22.6. The van der Waals surface area contributed by atoms with Gasteiger partial charge in [0.1, 0.15) is 0 Å². The minimum atomic E-state index is 0.838. The second-order valence-electron chi connectivity index (χ2n) is 4.38. The summed E-state index contributed by atoms with van der Waals surface area (Å²) in [6, 6.07) is 11.0. The van der Waals surface area contributed by atoms with E-state index in [0.29, 0.717) is 0 Å². The maximum atomic E-state index is 2.38. The molecule has 2 rings (SSSR count). The molecule has 0 aliphatic heterocycles. The van der Waals surface area contributed by atoms with Crippen molar-refractivity contribution in [1.82, 2.24) is 0 Å². The third kappa shape index (κ3) is 5.91. The molecule has 0 amide bonds. The first-order valence-corrected chi connectivity index (χ1v) is 7.41. The molecule has 1 aliphatic carbocycles. The lowest BCUT2D eigenvalue weighted by Gasteiger charge is -2.26. The van der Waals surface area contributed by atoms with Crippen molar-refractivity contribution in [2.75, 3.05) is 0 Å². The molecule has 0 saturated heterocycles. The topological polar surface area (TPSA) is 0 Å². The summed E-state index contributed by atoms with van der Waals surface area (Å²) in [7, 11) is 0. The highest BCUT2D eigenvalue weighted by Gasteiger charge is 2.19. The summed E-state index contributed by atoms with van der Waals surface area (Å²) in [5.74, 6) is 1.77. The predicted molar refractivity (Wildman–Crippen MR) is 79.5 cm³/mol. The van der Waals surface area contributed by atoms with Crippen molar-refractivity contribution in [3.8, 4) is 0 Å². The molecule has 0 spiro atoms. The van der Waals surface area contributed by atoms with Gasteiger partial charge in [-0.2, -0.15) is 0 Å². The first kappa shape index (κ1) is 16.2. The van der Waals surface area contributed by atoms with Crippen molar-refractivity contribution in [2.45, 2.75) is 66.2 Å². The molecule has 0 bridgehead atoms. The molecule has 0 N–H and O–H groups in total. The fourth-order valence-electron chi connectivity index (χ4n) is 2.46. The van der Waals surface area contributed by atoms with Gasteiger partial charge in [0.05, 0.1) is 0 Å². The largest absolute Gasteiger partial charge is 0.0683 e. The number of rotatable bonds is 1. The average molecular weight is 234 g/mol. The predicted octanol–water partition coefficient (Wildman–Crippen LogP) is 6.03. The summed E-state index contributed by atoms with van der Waals surface area (Å²) in [6.45, 7) is 10.4. The first-order chi connectivity index (χ1) is 8.36. The second-order valence-corrected chi connectivity index (χ2v) is 4.38. The standard InChI is InChI=1S/C13H18.2C2H6/c1-11-6-5-9-13(10-11)12-7-3-2-4-8-12;2*1-2/h2-4,7-8,11,13H,5-6,9-10H2,1H3;2*1-2H3. The van der Waals surface area contributed by atoms with Gasteiger partial charge in [-0.1, -0.05) is 77.8 Å². The molecule has 1 saturated carbocycles. The fourth-order valence-corrected chi connectivity index (χ4v) is 2.46. The van der Waals surface area contributed by atoms with Crippen molar-refractivity contribution >= 4 is 0 Å². The van der Waals surface area contributed by atoms with Crippen LogP contribution >= 0.6 is 0 Å². The third-order valence-electron chi connectivity index (χ3n) is 3.21. The van der Waals surface area contributed by atoms with Gasteiger partial charge in [0.2, 0.25) is 0 Å². The van der Waals surface area contributed by atoms with Gasteiger partial charge in [-0.15, -0.1) is 0 Å².